The van der Waals surface area contributed by atoms with Gasteiger partial charge in [-0.1, -0.05) is 19.1 Å². The summed E-state index contributed by atoms with van der Waals surface area (Å²) in [5.74, 6) is 0. The third kappa shape index (κ3) is 4.85. The molecule has 1 fully saturated rings. The smallest absolute Gasteiger partial charge is 0.0964 e. The standard InChI is InChI=1S/C14H27N5O/c1-12(2)15-10-13-11-19(17-16-13)9-8-18-6-4-14(20-3)5-7-18/h11-12,14-15H,4-10H2,1-3H3. The van der Waals surface area contributed by atoms with Crippen LogP contribution in [0.4, 0.5) is 0 Å². The summed E-state index contributed by atoms with van der Waals surface area (Å²) in [6, 6.07) is 0.474. The number of hydrogen-bond acceptors (Lipinski definition) is 5. The second-order valence-electron chi connectivity index (χ2n) is 5.79. The molecule has 1 aliphatic heterocycles. The van der Waals surface area contributed by atoms with Crippen LogP contribution in [0, 0.1) is 0 Å². The predicted molar refractivity (Wildman–Crippen MR) is 78.5 cm³/mol. The number of hydrogen-bond donors (Lipinski definition) is 1. The molecule has 0 bridgehead atoms. The van der Waals surface area contributed by atoms with Gasteiger partial charge in [0, 0.05) is 45.5 Å². The first-order valence-electron chi connectivity index (χ1n) is 7.55. The van der Waals surface area contributed by atoms with E-state index < -0.39 is 0 Å². The van der Waals surface area contributed by atoms with E-state index in [2.05, 4.69) is 34.4 Å². The molecule has 1 aromatic rings. The molecule has 0 aliphatic carbocycles. The molecule has 20 heavy (non-hydrogen) atoms. The average molecular weight is 281 g/mol. The number of likely N-dealkylation sites (tertiary alicyclic amines) is 1. The number of nitrogens with one attached hydrogen (secondary N) is 1. The molecule has 2 rings (SSSR count). The maximum atomic E-state index is 5.39. The first-order chi connectivity index (χ1) is 9.67. The molecule has 0 unspecified atom stereocenters. The minimum atomic E-state index is 0.450. The average Bonchev–Trinajstić information content (AvgIpc) is 2.91. The van der Waals surface area contributed by atoms with Crippen LogP contribution in [0.5, 0.6) is 0 Å². The Labute approximate surface area is 121 Å². The lowest BCUT2D eigenvalue weighted by atomic mass is 10.1. The Morgan fingerprint density at radius 3 is 2.75 bits per heavy atom. The van der Waals surface area contributed by atoms with E-state index >= 15 is 0 Å². The fourth-order valence-corrected chi connectivity index (χ4v) is 2.45. The second-order valence-corrected chi connectivity index (χ2v) is 5.79. The number of nitrogens with zero attached hydrogens (tertiary/aromatic N) is 4. The highest BCUT2D eigenvalue weighted by atomic mass is 16.5. The molecule has 114 valence electrons. The Hall–Kier alpha value is -0.980. The van der Waals surface area contributed by atoms with Crippen molar-refractivity contribution in [3.63, 3.8) is 0 Å². The molecule has 1 aromatic heterocycles. The van der Waals surface area contributed by atoms with Crippen molar-refractivity contribution in [2.75, 3.05) is 26.7 Å². The van der Waals surface area contributed by atoms with Gasteiger partial charge in [0.1, 0.15) is 0 Å². The molecular weight excluding hydrogens is 254 g/mol. The summed E-state index contributed by atoms with van der Waals surface area (Å²) in [6.45, 7) is 9.24. The van der Waals surface area contributed by atoms with E-state index in [1.165, 1.54) is 0 Å². The van der Waals surface area contributed by atoms with Crippen LogP contribution in [0.2, 0.25) is 0 Å². The van der Waals surface area contributed by atoms with Crippen molar-refractivity contribution in [2.24, 2.45) is 0 Å². The lowest BCUT2D eigenvalue weighted by Crippen LogP contribution is -2.38. The molecule has 6 nitrogen and oxygen atoms in total. The van der Waals surface area contributed by atoms with E-state index in [9.17, 15) is 0 Å². The maximum Gasteiger partial charge on any atom is 0.0964 e. The van der Waals surface area contributed by atoms with Crippen LogP contribution in [-0.2, 0) is 17.8 Å². The van der Waals surface area contributed by atoms with Crippen LogP contribution in [0.15, 0.2) is 6.20 Å². The van der Waals surface area contributed by atoms with Crippen LogP contribution in [-0.4, -0.2) is 58.8 Å². The van der Waals surface area contributed by atoms with Gasteiger partial charge in [-0.15, -0.1) is 5.10 Å². The van der Waals surface area contributed by atoms with Gasteiger partial charge in [-0.05, 0) is 12.8 Å². The van der Waals surface area contributed by atoms with Gasteiger partial charge in [-0.25, -0.2) is 0 Å². The number of aromatic nitrogens is 3. The quantitative estimate of drug-likeness (QED) is 0.804. The van der Waals surface area contributed by atoms with Gasteiger partial charge in [0.05, 0.1) is 18.3 Å². The van der Waals surface area contributed by atoms with E-state index in [4.69, 9.17) is 4.74 Å². The highest BCUT2D eigenvalue weighted by Gasteiger charge is 2.18. The SMILES string of the molecule is COC1CCN(CCn2cc(CNC(C)C)nn2)CC1. The number of piperidine rings is 1. The Bertz CT molecular complexity index is 385. The summed E-state index contributed by atoms with van der Waals surface area (Å²) in [5.41, 5.74) is 1.01. The van der Waals surface area contributed by atoms with E-state index in [0.29, 0.717) is 12.1 Å². The van der Waals surface area contributed by atoms with Gasteiger partial charge in [0.25, 0.3) is 0 Å². The third-order valence-corrected chi connectivity index (χ3v) is 3.79. The minimum absolute atomic E-state index is 0.450. The van der Waals surface area contributed by atoms with Crippen LogP contribution < -0.4 is 5.32 Å². The molecule has 6 heteroatoms. The van der Waals surface area contributed by atoms with E-state index in [0.717, 1.165) is 51.3 Å². The topological polar surface area (TPSA) is 55.2 Å². The van der Waals surface area contributed by atoms with Crippen molar-refractivity contribution in [2.45, 2.75) is 51.9 Å². The number of ether oxygens (including phenoxy) is 1. The first-order valence-corrected chi connectivity index (χ1v) is 7.55. The summed E-state index contributed by atoms with van der Waals surface area (Å²) in [6.07, 6.45) is 4.76. The van der Waals surface area contributed by atoms with Gasteiger partial charge in [0.2, 0.25) is 0 Å². The summed E-state index contributed by atoms with van der Waals surface area (Å²) < 4.78 is 7.33. The van der Waals surface area contributed by atoms with Crippen molar-refractivity contribution in [3.8, 4) is 0 Å². The van der Waals surface area contributed by atoms with Gasteiger partial charge < -0.3 is 15.0 Å². The summed E-state index contributed by atoms with van der Waals surface area (Å²) in [5, 5.41) is 11.7. The molecule has 0 atom stereocenters. The predicted octanol–water partition coefficient (Wildman–Crippen LogP) is 0.887. The minimum Gasteiger partial charge on any atom is -0.381 e. The van der Waals surface area contributed by atoms with Crippen LogP contribution >= 0.6 is 0 Å². The van der Waals surface area contributed by atoms with Crippen molar-refractivity contribution in [1.29, 1.82) is 0 Å². The first kappa shape index (κ1) is 15.4. The van der Waals surface area contributed by atoms with Crippen molar-refractivity contribution in [3.05, 3.63) is 11.9 Å². The zero-order valence-electron chi connectivity index (χ0n) is 12.9. The number of methoxy groups -OCH3 is 1. The molecule has 1 saturated heterocycles. The fraction of sp³-hybridized carbons (Fsp3) is 0.857. The zero-order valence-corrected chi connectivity index (χ0v) is 12.9. The highest BCUT2D eigenvalue weighted by Crippen LogP contribution is 2.12. The molecule has 0 saturated carbocycles. The van der Waals surface area contributed by atoms with Crippen molar-refractivity contribution < 1.29 is 4.74 Å². The fourth-order valence-electron chi connectivity index (χ4n) is 2.45. The van der Waals surface area contributed by atoms with Gasteiger partial charge in [0.15, 0.2) is 0 Å². The Balaban J connectivity index is 1.69. The monoisotopic (exact) mass is 281 g/mol. The van der Waals surface area contributed by atoms with Crippen LogP contribution in [0.1, 0.15) is 32.4 Å². The van der Waals surface area contributed by atoms with Crippen molar-refractivity contribution in [1.82, 2.24) is 25.2 Å². The Morgan fingerprint density at radius 2 is 2.10 bits per heavy atom. The number of rotatable bonds is 7. The molecule has 0 aromatic carbocycles. The molecule has 1 N–H and O–H groups in total. The molecule has 0 amide bonds. The van der Waals surface area contributed by atoms with E-state index in [-0.39, 0.29) is 0 Å². The highest BCUT2D eigenvalue weighted by molar-refractivity contribution is 4.91. The molecule has 1 aliphatic rings. The van der Waals surface area contributed by atoms with E-state index in [1.54, 1.807) is 0 Å². The molecule has 0 radical (unpaired) electrons. The third-order valence-electron chi connectivity index (χ3n) is 3.79. The van der Waals surface area contributed by atoms with Gasteiger partial charge in [-0.2, -0.15) is 0 Å². The lowest BCUT2D eigenvalue weighted by molar-refractivity contribution is 0.0399. The summed E-state index contributed by atoms with van der Waals surface area (Å²) >= 11 is 0. The Kier molecular flexibility index (Phi) is 5.94. The van der Waals surface area contributed by atoms with Crippen LogP contribution in [0.25, 0.3) is 0 Å². The van der Waals surface area contributed by atoms with Crippen molar-refractivity contribution >= 4 is 0 Å². The van der Waals surface area contributed by atoms with E-state index in [1.807, 2.05) is 18.0 Å². The lowest BCUT2D eigenvalue weighted by Gasteiger charge is -2.30. The summed E-state index contributed by atoms with van der Waals surface area (Å²) in [7, 11) is 1.81. The van der Waals surface area contributed by atoms with Crippen LogP contribution in [0.3, 0.4) is 0 Å². The van der Waals surface area contributed by atoms with Gasteiger partial charge >= 0.3 is 0 Å². The zero-order chi connectivity index (χ0) is 14.4. The summed E-state index contributed by atoms with van der Waals surface area (Å²) in [4.78, 5) is 2.48. The second kappa shape index (κ2) is 7.71. The molecule has 0 spiro atoms. The largest absolute Gasteiger partial charge is 0.381 e. The maximum absolute atomic E-state index is 5.39. The van der Waals surface area contributed by atoms with Gasteiger partial charge in [-0.3, -0.25) is 4.68 Å². The molecular formula is C14H27N5O. The molecule has 2 heterocycles. The Morgan fingerprint density at radius 1 is 1.35 bits per heavy atom. The normalized spacial score (nSPS) is 18.0.